The Labute approximate surface area is 210 Å². The molecular formula is C23H29N5O6S2. The van der Waals surface area contributed by atoms with E-state index in [4.69, 9.17) is 0 Å². The van der Waals surface area contributed by atoms with Crippen LogP contribution in [-0.4, -0.2) is 43.3 Å². The highest BCUT2D eigenvalue weighted by atomic mass is 32.3. The number of nitrogens with zero attached hydrogens (tertiary/aromatic N) is 3. The number of benzene rings is 1. The first-order valence-electron chi connectivity index (χ1n) is 11.3. The van der Waals surface area contributed by atoms with Crippen molar-refractivity contribution in [3.63, 3.8) is 0 Å². The highest BCUT2D eigenvalue weighted by Gasteiger charge is 2.31. The monoisotopic (exact) mass is 535 g/mol. The molecule has 3 aromatic rings. The fraction of sp³-hybridized carbons (Fsp3) is 0.348. The predicted molar refractivity (Wildman–Crippen MR) is 143 cm³/mol. The van der Waals surface area contributed by atoms with Crippen LogP contribution in [0.4, 0.5) is 11.4 Å². The number of fused-ring (bicyclic) bond motifs is 2. The van der Waals surface area contributed by atoms with Crippen LogP contribution in [0.15, 0.2) is 50.6 Å². The summed E-state index contributed by atoms with van der Waals surface area (Å²) in [4.78, 5) is 17.8. The lowest BCUT2D eigenvalue weighted by Crippen LogP contribution is -2.32. The largest absolute Gasteiger partial charge is 0.506 e. The highest BCUT2D eigenvalue weighted by Crippen LogP contribution is 2.56. The third-order valence-electron chi connectivity index (χ3n) is 5.79. The van der Waals surface area contributed by atoms with Gasteiger partial charge in [-0.3, -0.25) is 23.2 Å². The second-order valence-corrected chi connectivity index (χ2v) is 13.1. The molecule has 4 rings (SSSR count). The summed E-state index contributed by atoms with van der Waals surface area (Å²) < 4.78 is 54.0. The van der Waals surface area contributed by atoms with Gasteiger partial charge in [0.15, 0.2) is 5.84 Å². The molecule has 0 fully saturated rings. The van der Waals surface area contributed by atoms with E-state index in [9.17, 15) is 27.4 Å². The fourth-order valence-electron chi connectivity index (χ4n) is 3.70. The number of rotatable bonds is 7. The lowest BCUT2D eigenvalue weighted by molar-refractivity contribution is 0.473. The van der Waals surface area contributed by atoms with Gasteiger partial charge in [-0.2, -0.15) is 0 Å². The number of aryl methyl sites for hydroxylation is 1. The second-order valence-electron chi connectivity index (χ2n) is 9.23. The van der Waals surface area contributed by atoms with Crippen LogP contribution in [0, 0.1) is 5.92 Å². The number of pyridine rings is 2. The summed E-state index contributed by atoms with van der Waals surface area (Å²) in [6, 6.07) is 7.43. The normalized spacial score (nSPS) is 15.9. The summed E-state index contributed by atoms with van der Waals surface area (Å²) in [7, 11) is -7.51. The maximum atomic E-state index is 13.5. The van der Waals surface area contributed by atoms with Gasteiger partial charge < -0.3 is 10.4 Å². The van der Waals surface area contributed by atoms with E-state index in [1.54, 1.807) is 12.1 Å². The molecule has 1 aliphatic heterocycles. The number of aromatic nitrogens is 2. The maximum absolute atomic E-state index is 13.5. The second kappa shape index (κ2) is 9.39. The molecule has 36 heavy (non-hydrogen) atoms. The molecule has 5 N–H and O–H groups in total. The van der Waals surface area contributed by atoms with E-state index >= 15 is 0 Å². The molecule has 0 bridgehead atoms. The van der Waals surface area contributed by atoms with Crippen molar-refractivity contribution in [3.8, 4) is 5.75 Å². The number of amidine groups is 1. The third-order valence-corrected chi connectivity index (χ3v) is 8.92. The minimum absolute atomic E-state index is 0.0442. The van der Waals surface area contributed by atoms with Crippen molar-refractivity contribution in [3.05, 3.63) is 52.4 Å². The van der Waals surface area contributed by atoms with Crippen LogP contribution in [0.1, 0.15) is 39.7 Å². The molecule has 1 aromatic carbocycles. The van der Waals surface area contributed by atoms with Crippen molar-refractivity contribution in [1.82, 2.24) is 9.55 Å². The van der Waals surface area contributed by atoms with E-state index < -0.39 is 31.6 Å². The van der Waals surface area contributed by atoms with Crippen LogP contribution >= 0.6 is 10.8 Å². The van der Waals surface area contributed by atoms with Crippen molar-refractivity contribution in [1.29, 1.82) is 0 Å². The molecule has 1 aliphatic rings. The zero-order valence-corrected chi connectivity index (χ0v) is 21.9. The number of hydrogen-bond acceptors (Lipinski definition) is 9. The minimum Gasteiger partial charge on any atom is -0.506 e. The highest BCUT2D eigenvalue weighted by molar-refractivity contribution is 8.23. The van der Waals surface area contributed by atoms with Crippen LogP contribution in [0.3, 0.4) is 0 Å². The molecule has 194 valence electrons. The van der Waals surface area contributed by atoms with E-state index in [1.165, 1.54) is 42.8 Å². The van der Waals surface area contributed by atoms with Gasteiger partial charge in [0.1, 0.15) is 21.9 Å². The van der Waals surface area contributed by atoms with Gasteiger partial charge in [0, 0.05) is 12.7 Å². The van der Waals surface area contributed by atoms with Crippen molar-refractivity contribution in [2.75, 3.05) is 10.0 Å². The summed E-state index contributed by atoms with van der Waals surface area (Å²) in [6.45, 7) is 7.43. The summed E-state index contributed by atoms with van der Waals surface area (Å²) in [5.41, 5.74) is -0.125. The molecule has 0 atom stereocenters. The topological polar surface area (TPSA) is 166 Å². The first-order chi connectivity index (χ1) is 16.8. The Morgan fingerprint density at radius 2 is 1.89 bits per heavy atom. The van der Waals surface area contributed by atoms with Crippen molar-refractivity contribution in [2.45, 2.75) is 50.8 Å². The van der Waals surface area contributed by atoms with Gasteiger partial charge in [-0.05, 0) is 56.5 Å². The molecule has 0 saturated carbocycles. The Kier molecular flexibility index (Phi) is 6.77. The smallest absolute Gasteiger partial charge is 0.267 e. The fourth-order valence-corrected chi connectivity index (χ4v) is 5.59. The number of aromatic hydroxyl groups is 1. The lowest BCUT2D eigenvalue weighted by atomic mass is 10.1. The Morgan fingerprint density at radius 1 is 1.17 bits per heavy atom. The van der Waals surface area contributed by atoms with Gasteiger partial charge in [0.05, 0.1) is 22.0 Å². The molecule has 2 aromatic heterocycles. The van der Waals surface area contributed by atoms with E-state index in [0.29, 0.717) is 29.9 Å². The van der Waals surface area contributed by atoms with Crippen LogP contribution in [-0.2, 0) is 16.6 Å². The first kappa shape index (κ1) is 25.9. The van der Waals surface area contributed by atoms with Gasteiger partial charge in [0.2, 0.25) is 10.0 Å². The quantitative estimate of drug-likeness (QED) is 0.300. The number of nitrogens with one attached hydrogen (secondary N) is 2. The number of anilines is 2. The summed E-state index contributed by atoms with van der Waals surface area (Å²) in [5, 5.41) is 13.5. The zero-order chi connectivity index (χ0) is 26.4. The van der Waals surface area contributed by atoms with E-state index in [2.05, 4.69) is 19.4 Å². The van der Waals surface area contributed by atoms with Gasteiger partial charge >= 0.3 is 0 Å². The Bertz CT molecular complexity index is 1530. The van der Waals surface area contributed by atoms with Crippen molar-refractivity contribution < 1.29 is 22.6 Å². The van der Waals surface area contributed by atoms with Crippen LogP contribution in [0.2, 0.25) is 0 Å². The standard InChI is InChI=1S/C23H29N5O6S2/c1-13(2)9-11-28-22-16(6-5-10-24-22)20(29)19(23(28)30)21-25-17-8-7-15(26-35(31,32)14(3)4)12-18(17)36(33,34)27-21/h5-8,10,12-14,26,29,33-34H,9,11H2,1-4H3,(H,25,27). The first-order valence-corrected chi connectivity index (χ1v) is 14.4. The van der Waals surface area contributed by atoms with Gasteiger partial charge in [-0.1, -0.05) is 24.6 Å². The molecule has 0 aliphatic carbocycles. The molecule has 13 heteroatoms. The van der Waals surface area contributed by atoms with E-state index in [1.807, 2.05) is 13.8 Å². The summed E-state index contributed by atoms with van der Waals surface area (Å²) in [5.74, 6) is -0.279. The zero-order valence-electron chi connectivity index (χ0n) is 20.3. The van der Waals surface area contributed by atoms with Crippen LogP contribution < -0.4 is 15.6 Å². The summed E-state index contributed by atoms with van der Waals surface area (Å²) >= 11 is 0. The molecule has 0 spiro atoms. The lowest BCUT2D eigenvalue weighted by Gasteiger charge is -2.34. The summed E-state index contributed by atoms with van der Waals surface area (Å²) in [6.07, 6.45) is 2.21. The van der Waals surface area contributed by atoms with Gasteiger partial charge in [-0.25, -0.2) is 13.4 Å². The molecule has 11 nitrogen and oxygen atoms in total. The van der Waals surface area contributed by atoms with Crippen molar-refractivity contribution >= 4 is 49.0 Å². The van der Waals surface area contributed by atoms with E-state index in [-0.39, 0.29) is 33.4 Å². The van der Waals surface area contributed by atoms with Gasteiger partial charge in [-0.15, -0.1) is 4.40 Å². The molecule has 3 heterocycles. The SMILES string of the molecule is CC(C)CCn1c(=O)c(C2=NS(O)(O)c3cc(NS(=O)(=O)C(C)C)ccc3N2)c(O)c2cccnc21. The number of sulfonamides is 1. The third kappa shape index (κ3) is 4.78. The Morgan fingerprint density at radius 3 is 2.56 bits per heavy atom. The minimum atomic E-state index is -3.85. The van der Waals surface area contributed by atoms with Crippen LogP contribution in [0.5, 0.6) is 5.75 Å². The average Bonchev–Trinajstić information content (AvgIpc) is 2.78. The van der Waals surface area contributed by atoms with Gasteiger partial charge in [0.25, 0.3) is 5.56 Å². The molecule has 0 radical (unpaired) electrons. The maximum Gasteiger partial charge on any atom is 0.267 e. The van der Waals surface area contributed by atoms with Crippen LogP contribution in [0.25, 0.3) is 11.0 Å². The molecular weight excluding hydrogens is 506 g/mol. The average molecular weight is 536 g/mol. The Balaban J connectivity index is 1.83. The van der Waals surface area contributed by atoms with E-state index in [0.717, 1.165) is 0 Å². The molecule has 0 amide bonds. The molecule has 0 saturated heterocycles. The Hall–Kier alpha value is -3.13. The number of hydrogen-bond donors (Lipinski definition) is 5. The van der Waals surface area contributed by atoms with Crippen molar-refractivity contribution in [2.24, 2.45) is 10.3 Å². The predicted octanol–water partition coefficient (Wildman–Crippen LogP) is 4.20. The molecule has 0 unspecified atom stereocenters.